The van der Waals surface area contributed by atoms with E-state index < -0.39 is 6.09 Å². The lowest BCUT2D eigenvalue weighted by Crippen LogP contribution is -2.29. The summed E-state index contributed by atoms with van der Waals surface area (Å²) in [4.78, 5) is 12.9. The van der Waals surface area contributed by atoms with Gasteiger partial charge in [0.05, 0.1) is 11.6 Å². The van der Waals surface area contributed by atoms with Gasteiger partial charge in [-0.15, -0.1) is 0 Å². The largest absolute Gasteiger partial charge is 0.447 e. The minimum Gasteiger partial charge on any atom is -0.447 e. The number of anilines is 1. The Morgan fingerprint density at radius 1 is 0.718 bits per heavy atom. The van der Waals surface area contributed by atoms with Gasteiger partial charge in [-0.1, -0.05) is 127 Å². The first-order chi connectivity index (χ1) is 19.1. The predicted molar refractivity (Wildman–Crippen MR) is 154 cm³/mol. The quantitative estimate of drug-likeness (QED) is 0.136. The molecule has 0 bridgehead atoms. The van der Waals surface area contributed by atoms with E-state index in [0.29, 0.717) is 10.1 Å². The number of halogens is 1. The van der Waals surface area contributed by atoms with Crippen LogP contribution in [-0.2, 0) is 4.74 Å². The molecule has 0 fully saturated rings. The summed E-state index contributed by atoms with van der Waals surface area (Å²) in [6, 6.07) is 41.3. The summed E-state index contributed by atoms with van der Waals surface area (Å²) >= 11 is 6.76. The van der Waals surface area contributed by atoms with Crippen LogP contribution < -0.4 is 5.06 Å². The first-order valence-electron chi connectivity index (χ1n) is 12.7. The van der Waals surface area contributed by atoms with Gasteiger partial charge in [-0.25, -0.2) is 4.79 Å². The highest BCUT2D eigenvalue weighted by atomic mass is 35.5. The Bertz CT molecular complexity index is 1540. The fraction of sp³-hybridized carbons (Fsp3) is 0.0588. The molecular formula is C34H25ClNO3. The summed E-state index contributed by atoms with van der Waals surface area (Å²) in [5.74, 6) is 0.855. The minimum absolute atomic E-state index is 0.102. The van der Waals surface area contributed by atoms with Gasteiger partial charge in [-0.3, -0.25) is 5.21 Å². The Balaban J connectivity index is 1.22. The number of rotatable bonds is 6. The first kappa shape index (κ1) is 24.9. The van der Waals surface area contributed by atoms with Gasteiger partial charge in [0.2, 0.25) is 0 Å². The lowest BCUT2D eigenvalue weighted by atomic mass is 9.85. The van der Waals surface area contributed by atoms with Crippen LogP contribution in [0.5, 0.6) is 0 Å². The highest BCUT2D eigenvalue weighted by Crippen LogP contribution is 2.44. The molecule has 0 aliphatic heterocycles. The van der Waals surface area contributed by atoms with Crippen LogP contribution >= 0.6 is 11.6 Å². The molecule has 39 heavy (non-hydrogen) atoms. The van der Waals surface area contributed by atoms with Crippen LogP contribution in [0.4, 0.5) is 10.5 Å². The maximum atomic E-state index is 12.9. The molecule has 1 aliphatic carbocycles. The number of benzene rings is 5. The Morgan fingerprint density at radius 2 is 1.23 bits per heavy atom. The standard InChI is InChI=1S/C34H25ClNO3/c35-32-21-25(19-20-30(32)33(23-11-3-1-4-12-23)24-13-5-2-6-14-24)36(38)34(37)39-22-31-28-17-9-7-15-26(28)27-16-8-10-18-29(27)31/h1-21,31,38H,22H2. The van der Waals surface area contributed by atoms with E-state index in [1.54, 1.807) is 12.1 Å². The van der Waals surface area contributed by atoms with Gasteiger partial charge in [0, 0.05) is 10.9 Å². The average Bonchev–Trinajstić information content (AvgIpc) is 3.31. The van der Waals surface area contributed by atoms with E-state index in [2.05, 4.69) is 24.3 Å². The van der Waals surface area contributed by atoms with E-state index in [1.807, 2.05) is 91.0 Å². The van der Waals surface area contributed by atoms with Crippen molar-refractivity contribution in [2.75, 3.05) is 11.7 Å². The van der Waals surface area contributed by atoms with E-state index in [0.717, 1.165) is 44.9 Å². The number of ether oxygens (including phenoxy) is 1. The van der Waals surface area contributed by atoms with Crippen molar-refractivity contribution in [3.8, 4) is 11.1 Å². The van der Waals surface area contributed by atoms with Crippen molar-refractivity contribution >= 4 is 23.4 Å². The van der Waals surface area contributed by atoms with Gasteiger partial charge < -0.3 is 4.74 Å². The summed E-state index contributed by atoms with van der Waals surface area (Å²) in [7, 11) is 0. The summed E-state index contributed by atoms with van der Waals surface area (Å²) < 4.78 is 5.60. The number of hydrogen-bond acceptors (Lipinski definition) is 3. The summed E-state index contributed by atoms with van der Waals surface area (Å²) in [6.45, 7) is 0.107. The number of nitrogens with zero attached hydrogens (tertiary/aromatic N) is 1. The van der Waals surface area contributed by atoms with Crippen LogP contribution in [0, 0.1) is 5.92 Å². The predicted octanol–water partition coefficient (Wildman–Crippen LogP) is 8.50. The maximum absolute atomic E-state index is 12.9. The zero-order valence-electron chi connectivity index (χ0n) is 21.0. The van der Waals surface area contributed by atoms with E-state index >= 15 is 0 Å². The molecule has 0 unspecified atom stereocenters. The molecule has 5 heteroatoms. The Labute approximate surface area is 232 Å². The summed E-state index contributed by atoms with van der Waals surface area (Å²) in [6.07, 6.45) is -0.865. The molecule has 1 radical (unpaired) electrons. The van der Waals surface area contributed by atoms with E-state index in [9.17, 15) is 10.0 Å². The third-order valence-electron chi connectivity index (χ3n) is 7.10. The van der Waals surface area contributed by atoms with Crippen molar-refractivity contribution in [2.24, 2.45) is 0 Å². The highest BCUT2D eigenvalue weighted by molar-refractivity contribution is 6.32. The molecule has 1 aliphatic rings. The number of hydrogen-bond donors (Lipinski definition) is 1. The number of fused-ring (bicyclic) bond motifs is 3. The SMILES string of the molecule is O=C(OCC1c2ccccc2-c2ccccc21)N(O)c1ccc([C](c2ccccc2)c2ccccc2)c(Cl)c1. The molecule has 6 rings (SSSR count). The van der Waals surface area contributed by atoms with Gasteiger partial charge in [0.25, 0.3) is 0 Å². The monoisotopic (exact) mass is 530 g/mol. The molecule has 0 heterocycles. The number of amides is 1. The molecule has 0 saturated heterocycles. The van der Waals surface area contributed by atoms with Crippen LogP contribution in [0.2, 0.25) is 5.02 Å². The van der Waals surface area contributed by atoms with E-state index in [-0.39, 0.29) is 18.2 Å². The van der Waals surface area contributed by atoms with Crippen molar-refractivity contribution in [3.63, 3.8) is 0 Å². The molecular weight excluding hydrogens is 506 g/mol. The lowest BCUT2D eigenvalue weighted by molar-refractivity contribution is 0.118. The second kappa shape index (κ2) is 10.8. The highest BCUT2D eigenvalue weighted by Gasteiger charge is 2.30. The fourth-order valence-electron chi connectivity index (χ4n) is 5.29. The average molecular weight is 531 g/mol. The van der Waals surface area contributed by atoms with Crippen molar-refractivity contribution < 1.29 is 14.7 Å². The Hall–Kier alpha value is -4.38. The molecule has 5 aromatic rings. The van der Waals surface area contributed by atoms with Gasteiger partial charge in [-0.2, -0.15) is 5.06 Å². The van der Waals surface area contributed by atoms with Crippen molar-refractivity contribution in [2.45, 2.75) is 5.92 Å². The number of carbonyl (C=O) groups excluding carboxylic acids is 1. The zero-order chi connectivity index (χ0) is 26.8. The van der Waals surface area contributed by atoms with Gasteiger partial charge in [0.1, 0.15) is 6.61 Å². The van der Waals surface area contributed by atoms with Crippen LogP contribution in [0.3, 0.4) is 0 Å². The van der Waals surface area contributed by atoms with Crippen LogP contribution in [-0.4, -0.2) is 17.9 Å². The number of carbonyl (C=O) groups is 1. The zero-order valence-corrected chi connectivity index (χ0v) is 21.8. The Kier molecular flexibility index (Phi) is 6.89. The lowest BCUT2D eigenvalue weighted by Gasteiger charge is -2.22. The van der Waals surface area contributed by atoms with Crippen LogP contribution in [0.1, 0.15) is 33.7 Å². The second-order valence-electron chi connectivity index (χ2n) is 9.39. The molecule has 0 aromatic heterocycles. The van der Waals surface area contributed by atoms with Gasteiger partial charge >= 0.3 is 6.09 Å². The molecule has 191 valence electrons. The molecule has 1 N–H and O–H groups in total. The Morgan fingerprint density at radius 3 is 1.77 bits per heavy atom. The van der Waals surface area contributed by atoms with Crippen molar-refractivity contribution in [1.29, 1.82) is 0 Å². The maximum Gasteiger partial charge on any atom is 0.438 e. The van der Waals surface area contributed by atoms with Crippen LogP contribution in [0.15, 0.2) is 127 Å². The third kappa shape index (κ3) is 4.81. The molecule has 5 aromatic carbocycles. The molecule has 0 spiro atoms. The van der Waals surface area contributed by atoms with E-state index in [4.69, 9.17) is 16.3 Å². The smallest absolute Gasteiger partial charge is 0.438 e. The van der Waals surface area contributed by atoms with Gasteiger partial charge in [-0.05, 0) is 51.1 Å². The van der Waals surface area contributed by atoms with Crippen molar-refractivity contribution in [1.82, 2.24) is 0 Å². The molecule has 1 amide bonds. The molecule has 0 saturated carbocycles. The fourth-order valence-corrected chi connectivity index (χ4v) is 5.56. The number of hydroxylamine groups is 1. The van der Waals surface area contributed by atoms with Crippen LogP contribution in [0.25, 0.3) is 11.1 Å². The summed E-state index contributed by atoms with van der Waals surface area (Å²) in [5, 5.41) is 11.6. The van der Waals surface area contributed by atoms with E-state index in [1.165, 1.54) is 0 Å². The first-order valence-corrected chi connectivity index (χ1v) is 13.1. The molecule has 4 nitrogen and oxygen atoms in total. The molecule has 0 atom stereocenters. The minimum atomic E-state index is -0.865. The van der Waals surface area contributed by atoms with Gasteiger partial charge in [0.15, 0.2) is 0 Å². The second-order valence-corrected chi connectivity index (χ2v) is 9.79. The van der Waals surface area contributed by atoms with Crippen molar-refractivity contribution in [3.05, 3.63) is 166 Å². The topological polar surface area (TPSA) is 49.8 Å². The summed E-state index contributed by atoms with van der Waals surface area (Å²) in [5.41, 5.74) is 7.52. The third-order valence-corrected chi connectivity index (χ3v) is 7.41. The normalized spacial score (nSPS) is 12.2.